The van der Waals surface area contributed by atoms with E-state index in [1.165, 1.54) is 19.3 Å². The molecule has 25 heavy (non-hydrogen) atoms. The highest BCUT2D eigenvalue weighted by atomic mass is 32.2. The van der Waals surface area contributed by atoms with Crippen LogP contribution in [0.3, 0.4) is 0 Å². The molecule has 4 unspecified atom stereocenters. The Morgan fingerprint density at radius 1 is 1.36 bits per heavy atom. The van der Waals surface area contributed by atoms with E-state index in [2.05, 4.69) is 17.2 Å². The van der Waals surface area contributed by atoms with Gasteiger partial charge < -0.3 is 15.4 Å². The van der Waals surface area contributed by atoms with Crippen LogP contribution in [0.2, 0.25) is 0 Å². The lowest BCUT2D eigenvalue weighted by atomic mass is 9.46. The molecule has 0 aromatic heterocycles. The van der Waals surface area contributed by atoms with Crippen LogP contribution in [-0.4, -0.2) is 57.7 Å². The number of nitrogens with one attached hydrogen (secondary N) is 2. The largest absolute Gasteiger partial charge is 0.377 e. The van der Waals surface area contributed by atoms with Gasteiger partial charge >= 0.3 is 0 Å². The molecule has 2 aliphatic carbocycles. The average molecular weight is 368 g/mol. The van der Waals surface area contributed by atoms with Crippen LogP contribution in [0.1, 0.15) is 32.1 Å². The van der Waals surface area contributed by atoms with E-state index in [4.69, 9.17) is 9.73 Å². The van der Waals surface area contributed by atoms with Crippen molar-refractivity contribution in [2.75, 3.05) is 31.2 Å². The van der Waals surface area contributed by atoms with E-state index in [0.29, 0.717) is 42.3 Å². The van der Waals surface area contributed by atoms with Gasteiger partial charge in [-0.3, -0.25) is 4.99 Å². The minimum Gasteiger partial charge on any atom is -0.377 e. The molecule has 0 amide bonds. The fourth-order valence-corrected chi connectivity index (χ4v) is 7.01. The Morgan fingerprint density at radius 3 is 2.84 bits per heavy atom. The van der Waals surface area contributed by atoms with E-state index >= 15 is 0 Å². The van der Waals surface area contributed by atoms with Crippen molar-refractivity contribution < 1.29 is 13.2 Å². The SMILES string of the molecule is C=CCNC(=NCC1CCS(=O)(=O)C1)NC1C2CCOC2C12CCC2. The maximum atomic E-state index is 11.6. The van der Waals surface area contributed by atoms with E-state index < -0.39 is 9.84 Å². The van der Waals surface area contributed by atoms with Gasteiger partial charge in [-0.15, -0.1) is 6.58 Å². The zero-order chi connectivity index (χ0) is 17.5. The van der Waals surface area contributed by atoms with Crippen molar-refractivity contribution >= 4 is 15.8 Å². The number of sulfone groups is 1. The molecular weight excluding hydrogens is 338 g/mol. The summed E-state index contributed by atoms with van der Waals surface area (Å²) in [4.78, 5) is 4.71. The molecule has 7 heteroatoms. The zero-order valence-corrected chi connectivity index (χ0v) is 15.6. The topological polar surface area (TPSA) is 79.8 Å². The summed E-state index contributed by atoms with van der Waals surface area (Å²) in [5, 5.41) is 6.97. The van der Waals surface area contributed by atoms with Crippen LogP contribution in [0.5, 0.6) is 0 Å². The molecule has 0 aromatic rings. The summed E-state index contributed by atoms with van der Waals surface area (Å²) in [5.74, 6) is 2.11. The first-order valence-electron chi connectivity index (χ1n) is 9.52. The average Bonchev–Trinajstić information content (AvgIpc) is 3.09. The highest BCUT2D eigenvalue weighted by Crippen LogP contribution is 2.62. The fourth-order valence-electron chi connectivity index (χ4n) is 5.16. The molecule has 4 atom stereocenters. The molecule has 2 saturated heterocycles. The van der Waals surface area contributed by atoms with E-state index in [0.717, 1.165) is 25.4 Å². The Balaban J connectivity index is 1.42. The molecule has 4 aliphatic rings. The quantitative estimate of drug-likeness (QED) is 0.432. The van der Waals surface area contributed by atoms with Crippen molar-refractivity contribution in [2.24, 2.45) is 22.2 Å². The number of ether oxygens (including phenoxy) is 1. The van der Waals surface area contributed by atoms with Gasteiger partial charge in [0.2, 0.25) is 0 Å². The Hall–Kier alpha value is -1.08. The fraction of sp³-hybridized carbons (Fsp3) is 0.833. The number of rotatable bonds is 5. The lowest BCUT2D eigenvalue weighted by Gasteiger charge is -2.63. The first-order chi connectivity index (χ1) is 12.0. The predicted octanol–water partition coefficient (Wildman–Crippen LogP) is 1.10. The number of hydrogen-bond donors (Lipinski definition) is 2. The summed E-state index contributed by atoms with van der Waals surface area (Å²) in [6.07, 6.45) is 7.87. The number of guanidine groups is 1. The second-order valence-electron chi connectivity index (χ2n) is 8.08. The summed E-state index contributed by atoms with van der Waals surface area (Å²) in [5.41, 5.74) is 0.300. The van der Waals surface area contributed by atoms with E-state index in [1.54, 1.807) is 0 Å². The molecule has 0 aromatic carbocycles. The summed E-state index contributed by atoms with van der Waals surface area (Å²) in [6.45, 7) is 5.86. The van der Waals surface area contributed by atoms with Gasteiger partial charge in [-0.2, -0.15) is 0 Å². The van der Waals surface area contributed by atoms with Gasteiger partial charge in [-0.1, -0.05) is 12.5 Å². The molecule has 1 spiro atoms. The standard InChI is InChI=1S/C18H29N3O3S/c1-2-8-19-17(20-11-13-5-10-25(22,23)12-13)21-15-14-4-9-24-16(14)18(15)6-3-7-18/h2,13-16H,1,3-12H2,(H2,19,20,21). The Morgan fingerprint density at radius 2 is 2.20 bits per heavy atom. The smallest absolute Gasteiger partial charge is 0.191 e. The van der Waals surface area contributed by atoms with Gasteiger partial charge in [-0.05, 0) is 31.6 Å². The predicted molar refractivity (Wildman–Crippen MR) is 98.3 cm³/mol. The van der Waals surface area contributed by atoms with Gasteiger partial charge in [0.25, 0.3) is 0 Å². The number of fused-ring (bicyclic) bond motifs is 2. The third-order valence-corrected chi connectivity index (χ3v) is 8.41. The van der Waals surface area contributed by atoms with E-state index in [1.807, 2.05) is 6.08 Å². The molecule has 140 valence electrons. The van der Waals surface area contributed by atoms with Crippen LogP contribution in [0, 0.1) is 17.3 Å². The van der Waals surface area contributed by atoms with Crippen molar-refractivity contribution in [3.63, 3.8) is 0 Å². The summed E-state index contributed by atoms with van der Waals surface area (Å²) < 4.78 is 29.3. The van der Waals surface area contributed by atoms with Crippen molar-refractivity contribution in [3.05, 3.63) is 12.7 Å². The Labute approximate surface area is 150 Å². The molecule has 4 fully saturated rings. The summed E-state index contributed by atoms with van der Waals surface area (Å²) in [7, 11) is -2.84. The zero-order valence-electron chi connectivity index (χ0n) is 14.7. The minimum atomic E-state index is -2.84. The van der Waals surface area contributed by atoms with Crippen LogP contribution < -0.4 is 10.6 Å². The molecular formula is C18H29N3O3S. The van der Waals surface area contributed by atoms with Gasteiger partial charge in [-0.25, -0.2) is 8.42 Å². The second-order valence-corrected chi connectivity index (χ2v) is 10.3. The van der Waals surface area contributed by atoms with Gasteiger partial charge in [0.05, 0.1) is 17.6 Å². The van der Waals surface area contributed by atoms with Crippen molar-refractivity contribution in [1.29, 1.82) is 0 Å². The van der Waals surface area contributed by atoms with Crippen LogP contribution in [0.15, 0.2) is 17.6 Å². The van der Waals surface area contributed by atoms with Crippen LogP contribution in [-0.2, 0) is 14.6 Å². The second kappa shape index (κ2) is 6.58. The first kappa shape index (κ1) is 17.3. The lowest BCUT2D eigenvalue weighted by molar-refractivity contribution is -0.171. The van der Waals surface area contributed by atoms with Crippen molar-refractivity contribution in [2.45, 2.75) is 44.2 Å². The molecule has 0 radical (unpaired) electrons. The van der Waals surface area contributed by atoms with Crippen LogP contribution >= 0.6 is 0 Å². The molecule has 0 bridgehead atoms. The maximum absolute atomic E-state index is 11.6. The summed E-state index contributed by atoms with van der Waals surface area (Å²) in [6, 6.07) is 0.428. The minimum absolute atomic E-state index is 0.147. The third kappa shape index (κ3) is 3.10. The lowest BCUT2D eigenvalue weighted by Crippen LogP contribution is -2.72. The molecule has 2 N–H and O–H groups in total. The molecule has 2 aliphatic heterocycles. The van der Waals surface area contributed by atoms with E-state index in [-0.39, 0.29) is 11.7 Å². The van der Waals surface area contributed by atoms with Gasteiger partial charge in [0, 0.05) is 37.1 Å². The Kier molecular flexibility index (Phi) is 4.56. The normalized spacial score (nSPS) is 37.8. The molecule has 2 heterocycles. The first-order valence-corrected chi connectivity index (χ1v) is 11.3. The maximum Gasteiger partial charge on any atom is 0.191 e. The molecule has 2 saturated carbocycles. The highest BCUT2D eigenvalue weighted by Gasteiger charge is 2.66. The van der Waals surface area contributed by atoms with Gasteiger partial charge in [0.1, 0.15) is 0 Å². The Bertz CT molecular complexity index is 656. The van der Waals surface area contributed by atoms with Crippen molar-refractivity contribution in [1.82, 2.24) is 10.6 Å². The monoisotopic (exact) mass is 367 g/mol. The van der Waals surface area contributed by atoms with Crippen LogP contribution in [0.4, 0.5) is 0 Å². The highest BCUT2D eigenvalue weighted by molar-refractivity contribution is 7.91. The van der Waals surface area contributed by atoms with E-state index in [9.17, 15) is 8.42 Å². The number of hydrogen-bond acceptors (Lipinski definition) is 4. The molecule has 6 nitrogen and oxygen atoms in total. The summed E-state index contributed by atoms with van der Waals surface area (Å²) >= 11 is 0. The third-order valence-electron chi connectivity index (χ3n) is 6.58. The number of nitrogens with zero attached hydrogens (tertiary/aromatic N) is 1. The van der Waals surface area contributed by atoms with Gasteiger partial charge in [0.15, 0.2) is 15.8 Å². The van der Waals surface area contributed by atoms with Crippen LogP contribution in [0.25, 0.3) is 0 Å². The number of aliphatic imine (C=N–C) groups is 1. The molecule has 4 rings (SSSR count). The van der Waals surface area contributed by atoms with Crippen molar-refractivity contribution in [3.8, 4) is 0 Å².